The van der Waals surface area contributed by atoms with E-state index in [0.29, 0.717) is 30.9 Å². The van der Waals surface area contributed by atoms with Crippen LogP contribution in [0, 0.1) is 0 Å². The number of hydrogen-bond acceptors (Lipinski definition) is 6. The summed E-state index contributed by atoms with van der Waals surface area (Å²) in [6, 6.07) is 7.16. The average molecular weight is 449 g/mol. The third kappa shape index (κ3) is 13.8. The van der Waals surface area contributed by atoms with E-state index in [1.807, 2.05) is 6.07 Å². The summed E-state index contributed by atoms with van der Waals surface area (Å²) in [6.45, 7) is 2.89. The SMILES string of the molecule is CCCCCCCCCCCCOc1ccccc1OC(=O)OC.O=C1CCCC(=O)C1. The molecule has 1 aliphatic carbocycles. The van der Waals surface area contributed by atoms with E-state index in [2.05, 4.69) is 11.7 Å². The van der Waals surface area contributed by atoms with Gasteiger partial charge in [-0.2, -0.15) is 0 Å². The van der Waals surface area contributed by atoms with E-state index in [1.165, 1.54) is 64.9 Å². The molecule has 32 heavy (non-hydrogen) atoms. The van der Waals surface area contributed by atoms with Crippen LogP contribution in [-0.4, -0.2) is 31.4 Å². The molecule has 0 radical (unpaired) electrons. The van der Waals surface area contributed by atoms with Crippen LogP contribution in [0.2, 0.25) is 0 Å². The third-order valence-electron chi connectivity index (χ3n) is 5.27. The van der Waals surface area contributed by atoms with Gasteiger partial charge in [0.2, 0.25) is 0 Å². The normalized spacial score (nSPS) is 13.2. The summed E-state index contributed by atoms with van der Waals surface area (Å²) in [7, 11) is 1.29. The minimum absolute atomic E-state index is 0.112. The minimum atomic E-state index is -0.731. The Kier molecular flexibility index (Phi) is 15.8. The number of ether oxygens (including phenoxy) is 3. The lowest BCUT2D eigenvalue weighted by atomic mass is 9.98. The average Bonchev–Trinajstić information content (AvgIpc) is 2.78. The Balaban J connectivity index is 0.000000533. The Bertz CT molecular complexity index is 656. The molecule has 1 aliphatic rings. The molecule has 6 heteroatoms. The van der Waals surface area contributed by atoms with Crippen molar-refractivity contribution < 1.29 is 28.6 Å². The van der Waals surface area contributed by atoms with Crippen molar-refractivity contribution in [2.24, 2.45) is 0 Å². The van der Waals surface area contributed by atoms with Gasteiger partial charge in [0.15, 0.2) is 11.5 Å². The van der Waals surface area contributed by atoms with E-state index in [4.69, 9.17) is 9.47 Å². The van der Waals surface area contributed by atoms with Crippen molar-refractivity contribution in [3.63, 3.8) is 0 Å². The van der Waals surface area contributed by atoms with E-state index < -0.39 is 6.16 Å². The van der Waals surface area contributed by atoms with Crippen LogP contribution in [-0.2, 0) is 14.3 Å². The van der Waals surface area contributed by atoms with Crippen LogP contribution in [0.4, 0.5) is 4.79 Å². The maximum Gasteiger partial charge on any atom is 0.513 e. The molecule has 0 N–H and O–H groups in total. The van der Waals surface area contributed by atoms with Gasteiger partial charge >= 0.3 is 6.16 Å². The molecule has 0 bridgehead atoms. The maximum absolute atomic E-state index is 11.2. The van der Waals surface area contributed by atoms with Crippen LogP contribution in [0.1, 0.15) is 96.8 Å². The van der Waals surface area contributed by atoms with E-state index in [1.54, 1.807) is 18.2 Å². The minimum Gasteiger partial charge on any atom is -0.490 e. The second-order valence-corrected chi connectivity index (χ2v) is 8.14. The predicted octanol–water partition coefficient (Wildman–Crippen LogP) is 6.83. The second kappa shape index (κ2) is 18.2. The Labute approximate surface area is 193 Å². The van der Waals surface area contributed by atoms with E-state index in [-0.39, 0.29) is 18.0 Å². The van der Waals surface area contributed by atoms with Gasteiger partial charge in [0.05, 0.1) is 20.1 Å². The summed E-state index contributed by atoms with van der Waals surface area (Å²) in [5, 5.41) is 0. The summed E-state index contributed by atoms with van der Waals surface area (Å²) in [6.07, 6.45) is 14.4. The number of para-hydroxylation sites is 2. The van der Waals surface area contributed by atoms with Crippen LogP contribution < -0.4 is 9.47 Å². The molecule has 0 spiro atoms. The van der Waals surface area contributed by atoms with Crippen LogP contribution in [0.25, 0.3) is 0 Å². The number of carbonyl (C=O) groups is 3. The summed E-state index contributed by atoms with van der Waals surface area (Å²) >= 11 is 0. The molecule has 180 valence electrons. The molecule has 6 nitrogen and oxygen atoms in total. The maximum atomic E-state index is 11.2. The molecular formula is C26H40O6. The highest BCUT2D eigenvalue weighted by Gasteiger charge is 2.14. The molecule has 1 aromatic rings. The van der Waals surface area contributed by atoms with Crippen molar-refractivity contribution in [3.05, 3.63) is 24.3 Å². The van der Waals surface area contributed by atoms with Gasteiger partial charge in [0, 0.05) is 12.8 Å². The molecule has 1 saturated carbocycles. The lowest BCUT2D eigenvalue weighted by molar-refractivity contribution is -0.129. The number of Topliss-reactive ketones (excluding diaryl/α,β-unsaturated/α-hetero) is 2. The highest BCUT2D eigenvalue weighted by molar-refractivity contribution is 6.01. The Morgan fingerprint density at radius 2 is 1.34 bits per heavy atom. The van der Waals surface area contributed by atoms with Crippen molar-refractivity contribution in [1.29, 1.82) is 0 Å². The van der Waals surface area contributed by atoms with Gasteiger partial charge in [-0.3, -0.25) is 9.59 Å². The molecule has 1 aromatic carbocycles. The van der Waals surface area contributed by atoms with Crippen LogP contribution in [0.3, 0.4) is 0 Å². The summed E-state index contributed by atoms with van der Waals surface area (Å²) in [4.78, 5) is 32.1. The zero-order valence-corrected chi connectivity index (χ0v) is 19.9. The Morgan fingerprint density at radius 1 is 0.812 bits per heavy atom. The lowest BCUT2D eigenvalue weighted by Gasteiger charge is -2.10. The van der Waals surface area contributed by atoms with Crippen molar-refractivity contribution in [1.82, 2.24) is 0 Å². The Hall–Kier alpha value is -2.37. The standard InChI is InChI=1S/C20H32O4.C6H8O2/c1-3-4-5-6-7-8-9-10-11-14-17-23-18-15-12-13-16-19(18)24-20(21)22-2;7-5-2-1-3-6(8)4-5/h12-13,15-16H,3-11,14,17H2,1-2H3;1-4H2. The topological polar surface area (TPSA) is 78.9 Å². The van der Waals surface area contributed by atoms with E-state index >= 15 is 0 Å². The summed E-state index contributed by atoms with van der Waals surface area (Å²) in [5.41, 5.74) is 0. The molecule has 2 rings (SSSR count). The highest BCUT2D eigenvalue weighted by atomic mass is 16.7. The fraction of sp³-hybridized carbons (Fsp3) is 0.654. The molecule has 0 saturated heterocycles. The molecular weight excluding hydrogens is 408 g/mol. The van der Waals surface area contributed by atoms with Crippen LogP contribution in [0.15, 0.2) is 24.3 Å². The second-order valence-electron chi connectivity index (χ2n) is 8.14. The molecule has 0 amide bonds. The van der Waals surface area contributed by atoms with Gasteiger partial charge < -0.3 is 14.2 Å². The predicted molar refractivity (Wildman–Crippen MR) is 125 cm³/mol. The van der Waals surface area contributed by atoms with Crippen LogP contribution >= 0.6 is 0 Å². The van der Waals surface area contributed by atoms with Crippen LogP contribution in [0.5, 0.6) is 11.5 Å². The molecule has 0 aromatic heterocycles. The van der Waals surface area contributed by atoms with Gasteiger partial charge in [0.1, 0.15) is 11.6 Å². The third-order valence-corrected chi connectivity index (χ3v) is 5.27. The summed E-state index contributed by atoms with van der Waals surface area (Å²) < 4.78 is 15.3. The first-order valence-corrected chi connectivity index (χ1v) is 12.1. The lowest BCUT2D eigenvalue weighted by Crippen LogP contribution is -2.13. The molecule has 0 atom stereocenters. The first-order valence-electron chi connectivity index (χ1n) is 12.1. The van der Waals surface area contributed by atoms with Crippen molar-refractivity contribution in [2.75, 3.05) is 13.7 Å². The largest absolute Gasteiger partial charge is 0.513 e. The van der Waals surface area contributed by atoms with Gasteiger partial charge in [-0.15, -0.1) is 0 Å². The van der Waals surface area contributed by atoms with Crippen molar-refractivity contribution >= 4 is 17.7 Å². The number of unbranched alkanes of at least 4 members (excludes halogenated alkanes) is 9. The molecule has 0 unspecified atom stereocenters. The Morgan fingerprint density at radius 3 is 1.84 bits per heavy atom. The monoisotopic (exact) mass is 448 g/mol. The fourth-order valence-electron chi connectivity index (χ4n) is 3.44. The quantitative estimate of drug-likeness (QED) is 0.142. The van der Waals surface area contributed by atoms with Gasteiger partial charge in [-0.25, -0.2) is 4.79 Å². The fourth-order valence-corrected chi connectivity index (χ4v) is 3.44. The zero-order chi connectivity index (χ0) is 23.4. The first kappa shape index (κ1) is 27.7. The van der Waals surface area contributed by atoms with Crippen molar-refractivity contribution in [3.8, 4) is 11.5 Å². The van der Waals surface area contributed by atoms with E-state index in [9.17, 15) is 14.4 Å². The molecule has 0 heterocycles. The van der Waals surface area contributed by atoms with Gasteiger partial charge in [-0.1, -0.05) is 76.8 Å². The molecule has 0 aliphatic heterocycles. The first-order chi connectivity index (χ1) is 15.6. The van der Waals surface area contributed by atoms with E-state index in [0.717, 1.165) is 12.8 Å². The smallest absolute Gasteiger partial charge is 0.490 e. The summed E-state index contributed by atoms with van der Waals surface area (Å²) in [5.74, 6) is 1.21. The number of benzene rings is 1. The number of carbonyl (C=O) groups excluding carboxylic acids is 3. The van der Waals surface area contributed by atoms with Gasteiger partial charge in [-0.05, 0) is 25.0 Å². The number of rotatable bonds is 13. The number of methoxy groups -OCH3 is 1. The molecule has 1 fully saturated rings. The highest BCUT2D eigenvalue weighted by Crippen LogP contribution is 2.27. The zero-order valence-electron chi connectivity index (χ0n) is 19.9. The number of ketones is 2. The van der Waals surface area contributed by atoms with Gasteiger partial charge in [0.25, 0.3) is 0 Å². The number of hydrogen-bond donors (Lipinski definition) is 0. The van der Waals surface area contributed by atoms with Crippen molar-refractivity contribution in [2.45, 2.75) is 96.8 Å².